The fourth-order valence-electron chi connectivity index (χ4n) is 2.45. The van der Waals surface area contributed by atoms with Crippen molar-refractivity contribution in [2.45, 2.75) is 51.5 Å². The first-order valence-corrected chi connectivity index (χ1v) is 6.39. The Balaban J connectivity index is 1.79. The minimum Gasteiger partial charge on any atom is -0.370 e. The van der Waals surface area contributed by atoms with E-state index in [1.165, 1.54) is 38.5 Å². The van der Waals surface area contributed by atoms with Gasteiger partial charge in [0.25, 0.3) is 0 Å². The summed E-state index contributed by atoms with van der Waals surface area (Å²) in [6.45, 7) is 4.47. The molecule has 1 heterocycles. The number of nitrogens with zero attached hydrogens (tertiary/aromatic N) is 2. The number of hydrogen-bond acceptors (Lipinski definition) is 1. The molecule has 0 aromatic carbocycles. The second-order valence-electron chi connectivity index (χ2n) is 4.89. The molecule has 0 bridgehead atoms. The van der Waals surface area contributed by atoms with Crippen LogP contribution >= 0.6 is 0 Å². The number of piperidine rings is 1. The normalized spacial score (nSPS) is 31.8. The molecule has 86 valence electrons. The summed E-state index contributed by atoms with van der Waals surface area (Å²) in [5, 5.41) is 0. The first kappa shape index (κ1) is 10.8. The number of hydrogen-bond donors (Lipinski definition) is 1. The summed E-state index contributed by atoms with van der Waals surface area (Å²) >= 11 is 0. The third-order valence-electron chi connectivity index (χ3n) is 3.52. The van der Waals surface area contributed by atoms with Crippen LogP contribution in [0.1, 0.15) is 45.4 Å². The number of likely N-dealkylation sites (tertiary alicyclic amines) is 1. The van der Waals surface area contributed by atoms with Crippen molar-refractivity contribution in [2.24, 2.45) is 16.6 Å². The molecule has 0 aromatic rings. The van der Waals surface area contributed by atoms with E-state index < -0.39 is 0 Å². The molecule has 1 aliphatic carbocycles. The number of rotatable bonds is 3. The SMILES string of the molecule is CCCC1CC1N=C(N)N1CCCCC1. The Labute approximate surface area is 92.7 Å². The zero-order valence-electron chi connectivity index (χ0n) is 9.78. The highest BCUT2D eigenvalue weighted by molar-refractivity contribution is 5.78. The molecule has 0 amide bonds. The molecule has 2 aliphatic rings. The molecule has 0 radical (unpaired) electrons. The average Bonchev–Trinajstić information content (AvgIpc) is 2.98. The van der Waals surface area contributed by atoms with Gasteiger partial charge in [-0.3, -0.25) is 0 Å². The van der Waals surface area contributed by atoms with Crippen LogP contribution in [0.5, 0.6) is 0 Å². The molecular weight excluding hydrogens is 186 g/mol. The molecule has 2 atom stereocenters. The predicted octanol–water partition coefficient (Wildman–Crippen LogP) is 1.98. The quantitative estimate of drug-likeness (QED) is 0.570. The van der Waals surface area contributed by atoms with Crippen LogP contribution in [0, 0.1) is 5.92 Å². The minimum absolute atomic E-state index is 0.548. The molecule has 15 heavy (non-hydrogen) atoms. The molecule has 0 aromatic heterocycles. The Kier molecular flexibility index (Phi) is 3.49. The Morgan fingerprint density at radius 2 is 2.07 bits per heavy atom. The Morgan fingerprint density at radius 3 is 2.73 bits per heavy atom. The van der Waals surface area contributed by atoms with E-state index in [1.54, 1.807) is 0 Å². The van der Waals surface area contributed by atoms with E-state index in [-0.39, 0.29) is 0 Å². The van der Waals surface area contributed by atoms with E-state index in [4.69, 9.17) is 5.73 Å². The van der Waals surface area contributed by atoms with Gasteiger partial charge >= 0.3 is 0 Å². The molecule has 2 fully saturated rings. The maximum Gasteiger partial charge on any atom is 0.191 e. The summed E-state index contributed by atoms with van der Waals surface area (Å²) in [5.74, 6) is 1.64. The van der Waals surface area contributed by atoms with Crippen LogP contribution in [0.3, 0.4) is 0 Å². The van der Waals surface area contributed by atoms with E-state index in [0.717, 1.165) is 25.0 Å². The molecular formula is C12H23N3. The lowest BCUT2D eigenvalue weighted by Gasteiger charge is -2.27. The van der Waals surface area contributed by atoms with Gasteiger partial charge in [-0.25, -0.2) is 4.99 Å². The van der Waals surface area contributed by atoms with Crippen LogP contribution in [0.25, 0.3) is 0 Å². The molecule has 2 rings (SSSR count). The summed E-state index contributed by atoms with van der Waals surface area (Å²) in [5.41, 5.74) is 6.02. The van der Waals surface area contributed by atoms with Gasteiger partial charge in [-0.15, -0.1) is 0 Å². The van der Waals surface area contributed by atoms with Crippen molar-refractivity contribution >= 4 is 5.96 Å². The Hall–Kier alpha value is -0.730. The van der Waals surface area contributed by atoms with Crippen molar-refractivity contribution < 1.29 is 0 Å². The molecule has 2 N–H and O–H groups in total. The van der Waals surface area contributed by atoms with E-state index in [1.807, 2.05) is 0 Å². The standard InChI is InChI=1S/C12H23N3/c1-2-6-10-9-11(10)14-12(13)15-7-4-3-5-8-15/h10-11H,2-9H2,1H3,(H2,13,14). The van der Waals surface area contributed by atoms with Crippen molar-refractivity contribution in [3.05, 3.63) is 0 Å². The fraction of sp³-hybridized carbons (Fsp3) is 0.917. The summed E-state index contributed by atoms with van der Waals surface area (Å²) in [6.07, 6.45) is 7.77. The van der Waals surface area contributed by atoms with Gasteiger partial charge in [0.2, 0.25) is 0 Å². The first-order chi connectivity index (χ1) is 7.31. The van der Waals surface area contributed by atoms with Gasteiger partial charge in [-0.2, -0.15) is 0 Å². The minimum atomic E-state index is 0.548. The maximum absolute atomic E-state index is 6.02. The topological polar surface area (TPSA) is 41.6 Å². The molecule has 3 nitrogen and oxygen atoms in total. The van der Waals surface area contributed by atoms with E-state index >= 15 is 0 Å². The zero-order valence-corrected chi connectivity index (χ0v) is 9.78. The van der Waals surface area contributed by atoms with Crippen LogP contribution in [0.15, 0.2) is 4.99 Å². The van der Waals surface area contributed by atoms with Crippen LogP contribution in [0.2, 0.25) is 0 Å². The van der Waals surface area contributed by atoms with Crippen LogP contribution < -0.4 is 5.73 Å². The Morgan fingerprint density at radius 1 is 1.33 bits per heavy atom. The first-order valence-electron chi connectivity index (χ1n) is 6.39. The highest BCUT2D eigenvalue weighted by atomic mass is 15.3. The molecule has 1 aliphatic heterocycles. The lowest BCUT2D eigenvalue weighted by Crippen LogP contribution is -2.41. The molecule has 3 heteroatoms. The molecule has 1 saturated carbocycles. The predicted molar refractivity (Wildman–Crippen MR) is 63.8 cm³/mol. The van der Waals surface area contributed by atoms with Gasteiger partial charge in [-0.05, 0) is 38.0 Å². The highest BCUT2D eigenvalue weighted by Crippen LogP contribution is 2.37. The van der Waals surface area contributed by atoms with Crippen molar-refractivity contribution in [1.29, 1.82) is 0 Å². The fourth-order valence-corrected chi connectivity index (χ4v) is 2.45. The van der Waals surface area contributed by atoms with Gasteiger partial charge in [0.1, 0.15) is 0 Å². The number of guanidine groups is 1. The largest absolute Gasteiger partial charge is 0.370 e. The molecule has 0 spiro atoms. The van der Waals surface area contributed by atoms with Crippen molar-refractivity contribution in [1.82, 2.24) is 4.90 Å². The number of aliphatic imine (C=N–C) groups is 1. The van der Waals surface area contributed by atoms with Crippen molar-refractivity contribution in [2.75, 3.05) is 13.1 Å². The lowest BCUT2D eigenvalue weighted by molar-refractivity contribution is 0.337. The van der Waals surface area contributed by atoms with E-state index in [0.29, 0.717) is 6.04 Å². The Bertz CT molecular complexity index is 231. The monoisotopic (exact) mass is 209 g/mol. The van der Waals surface area contributed by atoms with Crippen molar-refractivity contribution in [3.8, 4) is 0 Å². The van der Waals surface area contributed by atoms with E-state index in [2.05, 4.69) is 16.8 Å². The van der Waals surface area contributed by atoms with Crippen LogP contribution in [0.4, 0.5) is 0 Å². The van der Waals surface area contributed by atoms with E-state index in [9.17, 15) is 0 Å². The average molecular weight is 209 g/mol. The highest BCUT2D eigenvalue weighted by Gasteiger charge is 2.36. The summed E-state index contributed by atoms with van der Waals surface area (Å²) < 4.78 is 0. The van der Waals surface area contributed by atoms with Gasteiger partial charge in [0.05, 0.1) is 6.04 Å². The smallest absolute Gasteiger partial charge is 0.191 e. The third kappa shape index (κ3) is 2.86. The molecule has 1 saturated heterocycles. The van der Waals surface area contributed by atoms with Gasteiger partial charge in [0, 0.05) is 13.1 Å². The summed E-state index contributed by atoms with van der Waals surface area (Å²) in [7, 11) is 0. The summed E-state index contributed by atoms with van der Waals surface area (Å²) in [4.78, 5) is 6.89. The van der Waals surface area contributed by atoms with Crippen LogP contribution in [-0.4, -0.2) is 30.0 Å². The van der Waals surface area contributed by atoms with Gasteiger partial charge in [0.15, 0.2) is 5.96 Å². The zero-order chi connectivity index (χ0) is 10.7. The second kappa shape index (κ2) is 4.86. The van der Waals surface area contributed by atoms with Gasteiger partial charge in [-0.1, -0.05) is 13.3 Å². The summed E-state index contributed by atoms with van der Waals surface area (Å²) in [6, 6.07) is 0.548. The second-order valence-corrected chi connectivity index (χ2v) is 4.89. The molecule has 2 unspecified atom stereocenters. The lowest BCUT2D eigenvalue weighted by atomic mass is 10.1. The third-order valence-corrected chi connectivity index (χ3v) is 3.52. The maximum atomic E-state index is 6.02. The van der Waals surface area contributed by atoms with Crippen molar-refractivity contribution in [3.63, 3.8) is 0 Å². The van der Waals surface area contributed by atoms with Gasteiger partial charge < -0.3 is 10.6 Å². The number of nitrogens with two attached hydrogens (primary N) is 1. The van der Waals surface area contributed by atoms with Crippen LogP contribution in [-0.2, 0) is 0 Å².